The highest BCUT2D eigenvalue weighted by Crippen LogP contribution is 2.20. The summed E-state index contributed by atoms with van der Waals surface area (Å²) in [5.41, 5.74) is 5.51. The van der Waals surface area contributed by atoms with Gasteiger partial charge in [0, 0.05) is 6.04 Å². The Bertz CT molecular complexity index is 114. The maximum atomic E-state index is 5.51. The Kier molecular flexibility index (Phi) is 4.62. The molecule has 1 heterocycles. The van der Waals surface area contributed by atoms with Crippen molar-refractivity contribution in [3.05, 3.63) is 0 Å². The van der Waals surface area contributed by atoms with Gasteiger partial charge < -0.3 is 10.6 Å². The van der Waals surface area contributed by atoms with E-state index in [0.717, 1.165) is 12.6 Å². The third-order valence-corrected chi connectivity index (χ3v) is 2.75. The van der Waals surface area contributed by atoms with Crippen LogP contribution in [0.1, 0.15) is 39.0 Å². The van der Waals surface area contributed by atoms with Crippen molar-refractivity contribution in [1.29, 1.82) is 0 Å². The van der Waals surface area contributed by atoms with Gasteiger partial charge in [-0.1, -0.05) is 6.92 Å². The van der Waals surface area contributed by atoms with Crippen LogP contribution >= 0.6 is 0 Å². The van der Waals surface area contributed by atoms with Gasteiger partial charge in [-0.3, -0.25) is 0 Å². The van der Waals surface area contributed by atoms with Crippen LogP contribution in [-0.2, 0) is 0 Å². The smallest absolute Gasteiger partial charge is 0.00962 e. The van der Waals surface area contributed by atoms with Crippen molar-refractivity contribution in [3.63, 3.8) is 0 Å². The maximum Gasteiger partial charge on any atom is 0.00962 e. The molecule has 2 heteroatoms. The highest BCUT2D eigenvalue weighted by atomic mass is 15.2. The average molecular weight is 170 g/mol. The molecule has 0 aromatic rings. The minimum Gasteiger partial charge on any atom is -0.330 e. The van der Waals surface area contributed by atoms with Gasteiger partial charge in [-0.2, -0.15) is 0 Å². The zero-order valence-electron chi connectivity index (χ0n) is 8.26. The molecule has 0 radical (unpaired) electrons. The Hall–Kier alpha value is -0.0800. The lowest BCUT2D eigenvalue weighted by Gasteiger charge is -2.23. The van der Waals surface area contributed by atoms with Crippen LogP contribution < -0.4 is 5.73 Å². The van der Waals surface area contributed by atoms with E-state index in [4.69, 9.17) is 5.73 Å². The van der Waals surface area contributed by atoms with Crippen molar-refractivity contribution in [3.8, 4) is 0 Å². The summed E-state index contributed by atoms with van der Waals surface area (Å²) in [6, 6.07) is 0.855. The summed E-state index contributed by atoms with van der Waals surface area (Å²) in [5, 5.41) is 0. The molecule has 0 aromatic heterocycles. The lowest BCUT2D eigenvalue weighted by molar-refractivity contribution is 0.241. The number of hydrogen-bond donors (Lipinski definition) is 1. The first-order chi connectivity index (χ1) is 5.88. The standard InChI is InChI=1S/C10H22N2/c1-2-8-12-9-4-6-10(12)5-3-7-11/h10H,2-9,11H2,1H3. The predicted octanol–water partition coefficient (Wildman–Crippen LogP) is 1.60. The van der Waals surface area contributed by atoms with Gasteiger partial charge in [0.15, 0.2) is 0 Å². The minimum absolute atomic E-state index is 0.855. The summed E-state index contributed by atoms with van der Waals surface area (Å²) in [7, 11) is 0. The lowest BCUT2D eigenvalue weighted by Crippen LogP contribution is -2.30. The Balaban J connectivity index is 2.20. The van der Waals surface area contributed by atoms with Gasteiger partial charge in [-0.25, -0.2) is 0 Å². The molecule has 0 spiro atoms. The minimum atomic E-state index is 0.855. The van der Waals surface area contributed by atoms with Crippen molar-refractivity contribution in [2.45, 2.75) is 45.1 Å². The number of hydrogen-bond acceptors (Lipinski definition) is 2. The van der Waals surface area contributed by atoms with Crippen LogP contribution in [0.4, 0.5) is 0 Å². The SMILES string of the molecule is CCCN1CCCC1CCCN. The first-order valence-corrected chi connectivity index (χ1v) is 5.32. The Morgan fingerprint density at radius 2 is 2.33 bits per heavy atom. The van der Waals surface area contributed by atoms with Crippen molar-refractivity contribution in [2.75, 3.05) is 19.6 Å². The second kappa shape index (κ2) is 5.55. The van der Waals surface area contributed by atoms with Crippen molar-refractivity contribution >= 4 is 0 Å². The van der Waals surface area contributed by atoms with Gasteiger partial charge in [0.25, 0.3) is 0 Å². The van der Waals surface area contributed by atoms with Gasteiger partial charge in [0.05, 0.1) is 0 Å². The van der Waals surface area contributed by atoms with E-state index in [1.54, 1.807) is 0 Å². The van der Waals surface area contributed by atoms with Crippen molar-refractivity contribution < 1.29 is 0 Å². The van der Waals surface area contributed by atoms with E-state index in [1.165, 1.54) is 45.2 Å². The summed E-state index contributed by atoms with van der Waals surface area (Å²) >= 11 is 0. The Morgan fingerprint density at radius 3 is 3.00 bits per heavy atom. The van der Waals surface area contributed by atoms with E-state index < -0.39 is 0 Å². The van der Waals surface area contributed by atoms with Gasteiger partial charge >= 0.3 is 0 Å². The summed E-state index contributed by atoms with van der Waals surface area (Å²) in [4.78, 5) is 2.63. The first-order valence-electron chi connectivity index (χ1n) is 5.32. The molecule has 1 saturated heterocycles. The number of nitrogens with two attached hydrogens (primary N) is 1. The van der Waals surface area contributed by atoms with Crippen molar-refractivity contribution in [1.82, 2.24) is 4.90 Å². The molecule has 0 bridgehead atoms. The molecule has 1 fully saturated rings. The number of nitrogens with zero attached hydrogens (tertiary/aromatic N) is 1. The predicted molar refractivity (Wildman–Crippen MR) is 53.2 cm³/mol. The molecule has 2 nitrogen and oxygen atoms in total. The fourth-order valence-electron chi connectivity index (χ4n) is 2.16. The summed E-state index contributed by atoms with van der Waals surface area (Å²) in [6.45, 7) is 5.73. The third kappa shape index (κ3) is 2.76. The van der Waals surface area contributed by atoms with Crippen LogP contribution in [0.5, 0.6) is 0 Å². The molecule has 72 valence electrons. The Labute approximate surface area is 76.1 Å². The highest BCUT2D eigenvalue weighted by molar-refractivity contribution is 4.78. The number of likely N-dealkylation sites (tertiary alicyclic amines) is 1. The van der Waals surface area contributed by atoms with E-state index >= 15 is 0 Å². The fourth-order valence-corrected chi connectivity index (χ4v) is 2.16. The summed E-state index contributed by atoms with van der Waals surface area (Å²) in [6.07, 6.45) is 6.61. The number of rotatable bonds is 5. The largest absolute Gasteiger partial charge is 0.330 e. The summed E-state index contributed by atoms with van der Waals surface area (Å²) < 4.78 is 0. The molecule has 1 unspecified atom stereocenters. The van der Waals surface area contributed by atoms with Gasteiger partial charge in [0.2, 0.25) is 0 Å². The molecule has 0 aliphatic carbocycles. The third-order valence-electron chi connectivity index (χ3n) is 2.75. The zero-order valence-corrected chi connectivity index (χ0v) is 8.26. The van der Waals surface area contributed by atoms with Crippen LogP contribution in [0, 0.1) is 0 Å². The lowest BCUT2D eigenvalue weighted by atomic mass is 10.1. The van der Waals surface area contributed by atoms with E-state index in [1.807, 2.05) is 0 Å². The average Bonchev–Trinajstić information content (AvgIpc) is 2.50. The first kappa shape index (κ1) is 10.0. The Morgan fingerprint density at radius 1 is 1.50 bits per heavy atom. The topological polar surface area (TPSA) is 29.3 Å². The summed E-state index contributed by atoms with van der Waals surface area (Å²) in [5.74, 6) is 0. The second-order valence-electron chi connectivity index (χ2n) is 3.76. The zero-order chi connectivity index (χ0) is 8.81. The quantitative estimate of drug-likeness (QED) is 0.679. The molecule has 2 N–H and O–H groups in total. The molecule has 0 amide bonds. The molecule has 12 heavy (non-hydrogen) atoms. The molecule has 0 aromatic carbocycles. The highest BCUT2D eigenvalue weighted by Gasteiger charge is 2.22. The molecule has 0 saturated carbocycles. The van der Waals surface area contributed by atoms with Crippen LogP contribution in [0.2, 0.25) is 0 Å². The molecule has 1 aliphatic rings. The van der Waals surface area contributed by atoms with E-state index in [9.17, 15) is 0 Å². The molecular weight excluding hydrogens is 148 g/mol. The maximum absolute atomic E-state index is 5.51. The normalized spacial score (nSPS) is 25.0. The van der Waals surface area contributed by atoms with Gasteiger partial charge in [-0.15, -0.1) is 0 Å². The molecule has 1 rings (SSSR count). The van der Waals surface area contributed by atoms with Crippen LogP contribution in [-0.4, -0.2) is 30.6 Å². The van der Waals surface area contributed by atoms with Gasteiger partial charge in [0.1, 0.15) is 0 Å². The molecule has 1 aliphatic heterocycles. The molecular formula is C10H22N2. The van der Waals surface area contributed by atoms with Crippen molar-refractivity contribution in [2.24, 2.45) is 5.73 Å². The fraction of sp³-hybridized carbons (Fsp3) is 1.00. The van der Waals surface area contributed by atoms with E-state index in [0.29, 0.717) is 0 Å². The monoisotopic (exact) mass is 170 g/mol. The van der Waals surface area contributed by atoms with E-state index in [2.05, 4.69) is 11.8 Å². The van der Waals surface area contributed by atoms with Gasteiger partial charge in [-0.05, 0) is 51.7 Å². The van der Waals surface area contributed by atoms with Crippen LogP contribution in [0.15, 0.2) is 0 Å². The van der Waals surface area contributed by atoms with Crippen LogP contribution in [0.25, 0.3) is 0 Å². The van der Waals surface area contributed by atoms with E-state index in [-0.39, 0.29) is 0 Å². The molecule has 1 atom stereocenters. The second-order valence-corrected chi connectivity index (χ2v) is 3.76. The van der Waals surface area contributed by atoms with Crippen LogP contribution in [0.3, 0.4) is 0 Å².